The molecule has 0 aliphatic heterocycles. The molecular weight excluding hydrogens is 280 g/mol. The summed E-state index contributed by atoms with van der Waals surface area (Å²) in [4.78, 5) is 18.4. The second-order valence-electron chi connectivity index (χ2n) is 5.11. The van der Waals surface area contributed by atoms with Crippen LogP contribution in [0.2, 0.25) is 0 Å². The van der Waals surface area contributed by atoms with Crippen LogP contribution < -0.4 is 15.1 Å². The number of hydrogen-bond donors (Lipinski definition) is 0. The molecule has 0 spiro atoms. The van der Waals surface area contributed by atoms with Crippen LogP contribution in [-0.4, -0.2) is 26.2 Å². The number of nitrogens with zero attached hydrogens (tertiary/aromatic N) is 2. The highest BCUT2D eigenvalue weighted by Gasteiger charge is 2.13. The van der Waals surface area contributed by atoms with E-state index >= 15 is 0 Å². The standard InChI is InChI=1S/C17H16N2O3/c1-19(2)15-10-14(20)13-7-8-18-16(17(13)22-15)11-5-4-6-12(9-11)21-3/h4-10H,1-3H3. The molecule has 0 atom stereocenters. The molecule has 0 fully saturated rings. The maximum absolute atomic E-state index is 12.3. The van der Waals surface area contributed by atoms with E-state index in [1.807, 2.05) is 38.4 Å². The zero-order valence-corrected chi connectivity index (χ0v) is 12.7. The van der Waals surface area contributed by atoms with Gasteiger partial charge in [-0.25, -0.2) is 0 Å². The van der Waals surface area contributed by atoms with Gasteiger partial charge in [0.05, 0.1) is 12.5 Å². The number of ether oxygens (including phenoxy) is 1. The van der Waals surface area contributed by atoms with Crippen LogP contribution in [0.15, 0.2) is 51.8 Å². The molecule has 0 saturated carbocycles. The highest BCUT2D eigenvalue weighted by molar-refractivity contribution is 5.90. The predicted octanol–water partition coefficient (Wildman–Crippen LogP) is 2.93. The molecule has 1 aromatic carbocycles. The summed E-state index contributed by atoms with van der Waals surface area (Å²) in [5.74, 6) is 1.22. The fourth-order valence-corrected chi connectivity index (χ4v) is 2.27. The Kier molecular flexibility index (Phi) is 3.55. The van der Waals surface area contributed by atoms with Crippen molar-refractivity contribution in [3.8, 4) is 17.0 Å². The van der Waals surface area contributed by atoms with E-state index in [0.29, 0.717) is 22.5 Å². The fourth-order valence-electron chi connectivity index (χ4n) is 2.27. The van der Waals surface area contributed by atoms with Crippen LogP contribution in [0.1, 0.15) is 0 Å². The number of benzene rings is 1. The topological polar surface area (TPSA) is 55.6 Å². The van der Waals surface area contributed by atoms with E-state index in [9.17, 15) is 4.79 Å². The van der Waals surface area contributed by atoms with Gasteiger partial charge < -0.3 is 14.1 Å². The van der Waals surface area contributed by atoms with E-state index in [4.69, 9.17) is 9.15 Å². The number of fused-ring (bicyclic) bond motifs is 1. The molecular formula is C17H16N2O3. The first-order chi connectivity index (χ1) is 10.6. The van der Waals surface area contributed by atoms with Crippen molar-refractivity contribution in [2.75, 3.05) is 26.1 Å². The highest BCUT2D eigenvalue weighted by atomic mass is 16.5. The third-order valence-electron chi connectivity index (χ3n) is 3.42. The molecule has 0 radical (unpaired) electrons. The third kappa shape index (κ3) is 2.41. The van der Waals surface area contributed by atoms with E-state index in [1.165, 1.54) is 6.07 Å². The van der Waals surface area contributed by atoms with Gasteiger partial charge in [-0.15, -0.1) is 0 Å². The second-order valence-corrected chi connectivity index (χ2v) is 5.11. The lowest BCUT2D eigenvalue weighted by Gasteiger charge is -2.12. The van der Waals surface area contributed by atoms with E-state index in [1.54, 1.807) is 24.3 Å². The zero-order chi connectivity index (χ0) is 15.7. The average molecular weight is 296 g/mol. The maximum atomic E-state index is 12.3. The summed E-state index contributed by atoms with van der Waals surface area (Å²) < 4.78 is 11.1. The molecule has 5 nitrogen and oxygen atoms in total. The lowest BCUT2D eigenvalue weighted by atomic mass is 10.1. The summed E-state index contributed by atoms with van der Waals surface area (Å²) >= 11 is 0. The van der Waals surface area contributed by atoms with Gasteiger partial charge >= 0.3 is 0 Å². The summed E-state index contributed by atoms with van der Waals surface area (Å²) in [6.45, 7) is 0. The van der Waals surface area contributed by atoms with E-state index < -0.39 is 0 Å². The van der Waals surface area contributed by atoms with Crippen LogP contribution >= 0.6 is 0 Å². The molecule has 3 aromatic rings. The van der Waals surface area contributed by atoms with Crippen LogP contribution in [0, 0.1) is 0 Å². The van der Waals surface area contributed by atoms with Crippen molar-refractivity contribution >= 4 is 16.9 Å². The SMILES string of the molecule is COc1cccc(-c2nccc3c(=O)cc(N(C)C)oc23)c1. The Labute approximate surface area is 127 Å². The number of pyridine rings is 1. The molecule has 0 bridgehead atoms. The molecule has 0 aliphatic carbocycles. The van der Waals surface area contributed by atoms with Crippen molar-refractivity contribution in [1.29, 1.82) is 0 Å². The summed E-state index contributed by atoms with van der Waals surface area (Å²) in [5.41, 5.74) is 1.85. The Hall–Kier alpha value is -2.82. The number of rotatable bonds is 3. The predicted molar refractivity (Wildman–Crippen MR) is 86.6 cm³/mol. The largest absolute Gasteiger partial charge is 0.497 e. The zero-order valence-electron chi connectivity index (χ0n) is 12.7. The second kappa shape index (κ2) is 5.52. The minimum atomic E-state index is -0.0866. The van der Waals surface area contributed by atoms with Gasteiger partial charge in [0.15, 0.2) is 16.9 Å². The van der Waals surface area contributed by atoms with Gasteiger partial charge in [-0.3, -0.25) is 9.78 Å². The van der Waals surface area contributed by atoms with Gasteiger partial charge in [-0.1, -0.05) is 12.1 Å². The lowest BCUT2D eigenvalue weighted by Crippen LogP contribution is -2.12. The normalized spacial score (nSPS) is 10.7. The van der Waals surface area contributed by atoms with Crippen molar-refractivity contribution in [3.05, 3.63) is 52.8 Å². The maximum Gasteiger partial charge on any atom is 0.199 e. The summed E-state index contributed by atoms with van der Waals surface area (Å²) in [6.07, 6.45) is 1.61. The Morgan fingerprint density at radius 2 is 2.00 bits per heavy atom. The molecule has 2 heterocycles. The molecule has 3 rings (SSSR count). The van der Waals surface area contributed by atoms with Crippen molar-refractivity contribution in [2.45, 2.75) is 0 Å². The monoisotopic (exact) mass is 296 g/mol. The van der Waals surface area contributed by atoms with Crippen LogP contribution in [0.25, 0.3) is 22.2 Å². The van der Waals surface area contributed by atoms with Gasteiger partial charge in [0.2, 0.25) is 0 Å². The van der Waals surface area contributed by atoms with Crippen molar-refractivity contribution in [3.63, 3.8) is 0 Å². The van der Waals surface area contributed by atoms with Crippen molar-refractivity contribution in [1.82, 2.24) is 4.98 Å². The molecule has 0 aliphatic rings. The van der Waals surface area contributed by atoms with Crippen LogP contribution in [-0.2, 0) is 0 Å². The smallest absolute Gasteiger partial charge is 0.199 e. The van der Waals surface area contributed by atoms with E-state index in [-0.39, 0.29) is 5.43 Å². The molecule has 112 valence electrons. The van der Waals surface area contributed by atoms with Crippen LogP contribution in [0.4, 0.5) is 5.88 Å². The number of anilines is 1. The number of aromatic nitrogens is 1. The van der Waals surface area contributed by atoms with Crippen molar-refractivity contribution < 1.29 is 9.15 Å². The quantitative estimate of drug-likeness (QED) is 0.744. The minimum Gasteiger partial charge on any atom is -0.497 e. The molecule has 0 saturated heterocycles. The first-order valence-corrected chi connectivity index (χ1v) is 6.85. The van der Waals surface area contributed by atoms with Gasteiger partial charge in [0.1, 0.15) is 11.4 Å². The third-order valence-corrected chi connectivity index (χ3v) is 3.42. The summed E-state index contributed by atoms with van der Waals surface area (Å²) in [7, 11) is 5.26. The first-order valence-electron chi connectivity index (χ1n) is 6.85. The number of hydrogen-bond acceptors (Lipinski definition) is 5. The Bertz CT molecular complexity index is 884. The Morgan fingerprint density at radius 1 is 1.18 bits per heavy atom. The highest BCUT2D eigenvalue weighted by Crippen LogP contribution is 2.29. The van der Waals surface area contributed by atoms with E-state index in [2.05, 4.69) is 4.98 Å². The number of methoxy groups -OCH3 is 1. The van der Waals surface area contributed by atoms with Crippen LogP contribution in [0.3, 0.4) is 0 Å². The van der Waals surface area contributed by atoms with Crippen molar-refractivity contribution in [2.24, 2.45) is 0 Å². The van der Waals surface area contributed by atoms with Crippen LogP contribution in [0.5, 0.6) is 5.75 Å². The summed E-state index contributed by atoms with van der Waals surface area (Å²) in [5, 5.41) is 0.512. The molecule has 0 N–H and O–H groups in total. The Morgan fingerprint density at radius 3 is 2.73 bits per heavy atom. The lowest BCUT2D eigenvalue weighted by molar-refractivity contribution is 0.415. The molecule has 0 unspecified atom stereocenters. The fraction of sp³-hybridized carbons (Fsp3) is 0.176. The van der Waals surface area contributed by atoms with Gasteiger partial charge in [0.25, 0.3) is 0 Å². The van der Waals surface area contributed by atoms with E-state index in [0.717, 1.165) is 11.3 Å². The molecule has 22 heavy (non-hydrogen) atoms. The Balaban J connectivity index is 2.31. The van der Waals surface area contributed by atoms with Gasteiger partial charge in [-0.05, 0) is 18.2 Å². The molecule has 5 heteroatoms. The molecule has 0 amide bonds. The van der Waals surface area contributed by atoms with Gasteiger partial charge in [-0.2, -0.15) is 0 Å². The molecule has 2 aromatic heterocycles. The first kappa shape index (κ1) is 14.1. The summed E-state index contributed by atoms with van der Waals surface area (Å²) in [6, 6.07) is 10.7. The van der Waals surface area contributed by atoms with Gasteiger partial charge in [0, 0.05) is 31.9 Å². The minimum absolute atomic E-state index is 0.0866. The average Bonchev–Trinajstić information content (AvgIpc) is 2.54.